The SMILES string of the molecule is O=C(NCCc1ccccc1Br)C1CC(=O)N(C2CCCC2)C1. The van der Waals surface area contributed by atoms with Crippen LogP contribution in [-0.4, -0.2) is 35.8 Å². The summed E-state index contributed by atoms with van der Waals surface area (Å²) in [5.41, 5.74) is 1.18. The van der Waals surface area contributed by atoms with Gasteiger partial charge < -0.3 is 10.2 Å². The summed E-state index contributed by atoms with van der Waals surface area (Å²) >= 11 is 3.52. The first-order chi connectivity index (χ1) is 11.1. The summed E-state index contributed by atoms with van der Waals surface area (Å²) in [4.78, 5) is 26.4. The molecule has 0 spiro atoms. The fourth-order valence-corrected chi connectivity index (χ4v) is 4.12. The second-order valence-electron chi connectivity index (χ2n) is 6.52. The molecular formula is C18H23BrN2O2. The monoisotopic (exact) mass is 378 g/mol. The maximum atomic E-state index is 12.3. The minimum absolute atomic E-state index is 0.0194. The van der Waals surface area contributed by atoms with E-state index < -0.39 is 0 Å². The van der Waals surface area contributed by atoms with Crippen LogP contribution in [0.15, 0.2) is 28.7 Å². The fourth-order valence-electron chi connectivity index (χ4n) is 3.64. The van der Waals surface area contributed by atoms with Gasteiger partial charge in [0.05, 0.1) is 5.92 Å². The van der Waals surface area contributed by atoms with E-state index in [4.69, 9.17) is 0 Å². The van der Waals surface area contributed by atoms with Crippen molar-refractivity contribution in [1.29, 1.82) is 0 Å². The lowest BCUT2D eigenvalue weighted by Crippen LogP contribution is -2.37. The molecule has 1 heterocycles. The highest BCUT2D eigenvalue weighted by Crippen LogP contribution is 2.29. The first kappa shape index (κ1) is 16.5. The zero-order valence-electron chi connectivity index (χ0n) is 13.3. The third-order valence-electron chi connectivity index (χ3n) is 4.95. The second-order valence-corrected chi connectivity index (χ2v) is 7.37. The summed E-state index contributed by atoms with van der Waals surface area (Å²) in [6, 6.07) is 8.41. The molecule has 1 saturated carbocycles. The molecule has 1 aliphatic heterocycles. The van der Waals surface area contributed by atoms with E-state index in [0.717, 1.165) is 23.7 Å². The molecule has 5 heteroatoms. The number of hydrogen-bond donors (Lipinski definition) is 1. The average Bonchev–Trinajstić information content (AvgIpc) is 3.18. The number of rotatable bonds is 5. The Labute approximate surface area is 145 Å². The Hall–Kier alpha value is -1.36. The van der Waals surface area contributed by atoms with Crippen molar-refractivity contribution in [1.82, 2.24) is 10.2 Å². The van der Waals surface area contributed by atoms with E-state index >= 15 is 0 Å². The summed E-state index contributed by atoms with van der Waals surface area (Å²) in [6.07, 6.45) is 5.77. The highest BCUT2D eigenvalue weighted by molar-refractivity contribution is 9.10. The lowest BCUT2D eigenvalue weighted by atomic mass is 10.1. The third kappa shape index (κ3) is 3.94. The molecule has 0 aromatic heterocycles. The quantitative estimate of drug-likeness (QED) is 0.855. The van der Waals surface area contributed by atoms with Gasteiger partial charge in [0.15, 0.2) is 0 Å². The third-order valence-corrected chi connectivity index (χ3v) is 5.72. The van der Waals surface area contributed by atoms with Crippen LogP contribution >= 0.6 is 15.9 Å². The molecule has 3 rings (SSSR count). The van der Waals surface area contributed by atoms with Crippen LogP contribution in [0.4, 0.5) is 0 Å². The molecule has 1 saturated heterocycles. The van der Waals surface area contributed by atoms with Crippen LogP contribution in [0, 0.1) is 5.92 Å². The van der Waals surface area contributed by atoms with Gasteiger partial charge in [0, 0.05) is 30.0 Å². The van der Waals surface area contributed by atoms with Crippen molar-refractivity contribution < 1.29 is 9.59 Å². The van der Waals surface area contributed by atoms with E-state index in [1.165, 1.54) is 18.4 Å². The van der Waals surface area contributed by atoms with Gasteiger partial charge >= 0.3 is 0 Å². The molecule has 0 radical (unpaired) electrons. The lowest BCUT2D eigenvalue weighted by Gasteiger charge is -2.23. The van der Waals surface area contributed by atoms with Crippen LogP contribution < -0.4 is 5.32 Å². The number of carbonyl (C=O) groups is 2. The normalized spacial score (nSPS) is 21.9. The Balaban J connectivity index is 1.47. The zero-order valence-corrected chi connectivity index (χ0v) is 14.8. The van der Waals surface area contributed by atoms with Crippen molar-refractivity contribution in [3.63, 3.8) is 0 Å². The van der Waals surface area contributed by atoms with Gasteiger partial charge in [-0.15, -0.1) is 0 Å². The number of nitrogens with zero attached hydrogens (tertiary/aromatic N) is 1. The number of amides is 2. The van der Waals surface area contributed by atoms with Crippen molar-refractivity contribution in [2.45, 2.75) is 44.6 Å². The summed E-state index contributed by atoms with van der Waals surface area (Å²) in [5.74, 6) is -0.00364. The topological polar surface area (TPSA) is 49.4 Å². The van der Waals surface area contributed by atoms with Crippen LogP contribution in [-0.2, 0) is 16.0 Å². The van der Waals surface area contributed by atoms with E-state index in [1.54, 1.807) is 0 Å². The highest BCUT2D eigenvalue weighted by atomic mass is 79.9. The van der Waals surface area contributed by atoms with Gasteiger partial charge in [0.1, 0.15) is 0 Å². The minimum atomic E-state index is -0.178. The van der Waals surface area contributed by atoms with E-state index in [0.29, 0.717) is 25.6 Å². The molecule has 2 fully saturated rings. The first-order valence-corrected chi connectivity index (χ1v) is 9.25. The Bertz CT molecular complexity index is 584. The van der Waals surface area contributed by atoms with E-state index in [-0.39, 0.29) is 17.7 Å². The van der Waals surface area contributed by atoms with E-state index in [9.17, 15) is 9.59 Å². The number of halogens is 1. The Morgan fingerprint density at radius 3 is 2.74 bits per heavy atom. The van der Waals surface area contributed by atoms with Gasteiger partial charge in [0.25, 0.3) is 0 Å². The smallest absolute Gasteiger partial charge is 0.225 e. The molecule has 2 aliphatic rings. The van der Waals surface area contributed by atoms with Gasteiger partial charge in [-0.3, -0.25) is 9.59 Å². The van der Waals surface area contributed by atoms with Crippen molar-refractivity contribution in [2.24, 2.45) is 5.92 Å². The maximum absolute atomic E-state index is 12.3. The van der Waals surface area contributed by atoms with E-state index in [2.05, 4.69) is 27.3 Å². The van der Waals surface area contributed by atoms with Gasteiger partial charge in [-0.25, -0.2) is 0 Å². The van der Waals surface area contributed by atoms with Crippen LogP contribution in [0.1, 0.15) is 37.7 Å². The van der Waals surface area contributed by atoms with Crippen LogP contribution in [0.25, 0.3) is 0 Å². The van der Waals surface area contributed by atoms with Crippen LogP contribution in [0.3, 0.4) is 0 Å². The molecule has 2 amide bonds. The minimum Gasteiger partial charge on any atom is -0.355 e. The van der Waals surface area contributed by atoms with Crippen molar-refractivity contribution in [3.05, 3.63) is 34.3 Å². The summed E-state index contributed by atoms with van der Waals surface area (Å²) in [6.45, 7) is 1.21. The number of likely N-dealkylation sites (tertiary alicyclic amines) is 1. The maximum Gasteiger partial charge on any atom is 0.225 e. The molecular weight excluding hydrogens is 356 g/mol. The molecule has 1 unspecified atom stereocenters. The molecule has 0 bridgehead atoms. The van der Waals surface area contributed by atoms with E-state index in [1.807, 2.05) is 23.1 Å². The highest BCUT2D eigenvalue weighted by Gasteiger charge is 2.38. The predicted molar refractivity (Wildman–Crippen MR) is 92.9 cm³/mol. The Morgan fingerprint density at radius 1 is 1.26 bits per heavy atom. The average molecular weight is 379 g/mol. The first-order valence-electron chi connectivity index (χ1n) is 8.45. The van der Waals surface area contributed by atoms with Gasteiger partial charge in [-0.1, -0.05) is 47.0 Å². The largest absolute Gasteiger partial charge is 0.355 e. The van der Waals surface area contributed by atoms with Crippen LogP contribution in [0.5, 0.6) is 0 Å². The zero-order chi connectivity index (χ0) is 16.2. The predicted octanol–water partition coefficient (Wildman–Crippen LogP) is 2.90. The van der Waals surface area contributed by atoms with Crippen LogP contribution in [0.2, 0.25) is 0 Å². The van der Waals surface area contributed by atoms with Crippen molar-refractivity contribution >= 4 is 27.7 Å². The van der Waals surface area contributed by atoms with Gasteiger partial charge in [0.2, 0.25) is 11.8 Å². The van der Waals surface area contributed by atoms with Crippen molar-refractivity contribution in [2.75, 3.05) is 13.1 Å². The summed E-state index contributed by atoms with van der Waals surface area (Å²) < 4.78 is 1.07. The van der Waals surface area contributed by atoms with Crippen molar-refractivity contribution in [3.8, 4) is 0 Å². The molecule has 1 aliphatic carbocycles. The standard InChI is InChI=1S/C18H23BrN2O2/c19-16-8-4-1-5-13(16)9-10-20-18(23)14-11-17(22)21(12-14)15-6-2-3-7-15/h1,4-5,8,14-15H,2-3,6-7,9-12H2,(H,20,23). The molecule has 23 heavy (non-hydrogen) atoms. The number of carbonyl (C=O) groups excluding carboxylic acids is 2. The molecule has 1 N–H and O–H groups in total. The summed E-state index contributed by atoms with van der Waals surface area (Å²) in [7, 11) is 0. The number of benzene rings is 1. The van der Waals surface area contributed by atoms with Gasteiger partial charge in [-0.05, 0) is 30.9 Å². The number of nitrogens with one attached hydrogen (secondary N) is 1. The molecule has 4 nitrogen and oxygen atoms in total. The molecule has 124 valence electrons. The molecule has 1 aromatic carbocycles. The number of hydrogen-bond acceptors (Lipinski definition) is 2. The Morgan fingerprint density at radius 2 is 2.00 bits per heavy atom. The van der Waals surface area contributed by atoms with Gasteiger partial charge in [-0.2, -0.15) is 0 Å². The summed E-state index contributed by atoms with van der Waals surface area (Å²) in [5, 5.41) is 2.99. The molecule has 1 aromatic rings. The fraction of sp³-hybridized carbons (Fsp3) is 0.556. The lowest BCUT2D eigenvalue weighted by molar-refractivity contribution is -0.130. The Kier molecular flexibility index (Phi) is 5.36. The molecule has 1 atom stereocenters. The second kappa shape index (κ2) is 7.47.